The van der Waals surface area contributed by atoms with Crippen molar-refractivity contribution in [2.75, 3.05) is 0 Å². The Bertz CT molecular complexity index is 993. The lowest BCUT2D eigenvalue weighted by Crippen LogP contribution is -2.28. The van der Waals surface area contributed by atoms with Crippen LogP contribution in [-0.4, -0.2) is 21.4 Å². The van der Waals surface area contributed by atoms with E-state index in [1.54, 1.807) is 18.4 Å². The van der Waals surface area contributed by atoms with Crippen molar-refractivity contribution >= 4 is 11.8 Å². The van der Waals surface area contributed by atoms with E-state index in [1.165, 1.54) is 0 Å². The molecule has 2 aromatic heterocycles. The van der Waals surface area contributed by atoms with Gasteiger partial charge in [0.25, 0.3) is 11.8 Å². The SMILES string of the molecule is CC(NC(=O)c1nc(C(=O)NCc2ccco2)n2c1CCCC2)c1ccccc1. The molecular weight excluding hydrogens is 368 g/mol. The summed E-state index contributed by atoms with van der Waals surface area (Å²) in [6, 6.07) is 13.2. The van der Waals surface area contributed by atoms with Crippen LogP contribution >= 0.6 is 0 Å². The Morgan fingerprint density at radius 2 is 1.97 bits per heavy atom. The van der Waals surface area contributed by atoms with Gasteiger partial charge in [-0.25, -0.2) is 4.98 Å². The number of carbonyl (C=O) groups excluding carboxylic acids is 2. The number of rotatable bonds is 6. The molecule has 3 heterocycles. The number of benzene rings is 1. The molecule has 1 aliphatic rings. The fourth-order valence-electron chi connectivity index (χ4n) is 3.65. The van der Waals surface area contributed by atoms with E-state index < -0.39 is 0 Å². The number of hydrogen-bond donors (Lipinski definition) is 2. The van der Waals surface area contributed by atoms with Gasteiger partial charge in [-0.1, -0.05) is 30.3 Å². The molecule has 0 aliphatic carbocycles. The van der Waals surface area contributed by atoms with Crippen LogP contribution in [0.2, 0.25) is 0 Å². The third kappa shape index (κ3) is 4.08. The number of furan rings is 1. The van der Waals surface area contributed by atoms with Gasteiger partial charge in [0, 0.05) is 6.54 Å². The molecule has 0 bridgehead atoms. The molecule has 7 heteroatoms. The van der Waals surface area contributed by atoms with Crippen LogP contribution in [0.25, 0.3) is 0 Å². The fourth-order valence-corrected chi connectivity index (χ4v) is 3.65. The van der Waals surface area contributed by atoms with Crippen LogP contribution in [0.15, 0.2) is 53.1 Å². The summed E-state index contributed by atoms with van der Waals surface area (Å²) in [4.78, 5) is 30.1. The molecule has 2 N–H and O–H groups in total. The van der Waals surface area contributed by atoms with E-state index in [0.717, 1.165) is 30.5 Å². The lowest BCUT2D eigenvalue weighted by atomic mass is 10.1. The topological polar surface area (TPSA) is 89.2 Å². The summed E-state index contributed by atoms with van der Waals surface area (Å²) in [5, 5.41) is 5.83. The summed E-state index contributed by atoms with van der Waals surface area (Å²) < 4.78 is 7.13. The zero-order chi connectivity index (χ0) is 20.2. The number of imidazole rings is 1. The fraction of sp³-hybridized carbons (Fsp3) is 0.318. The summed E-state index contributed by atoms with van der Waals surface area (Å²) in [5.41, 5.74) is 2.19. The lowest BCUT2D eigenvalue weighted by Gasteiger charge is -2.18. The summed E-state index contributed by atoms with van der Waals surface area (Å²) in [6.45, 7) is 2.90. The van der Waals surface area contributed by atoms with Gasteiger partial charge in [0.2, 0.25) is 0 Å². The van der Waals surface area contributed by atoms with Gasteiger partial charge in [-0.15, -0.1) is 0 Å². The van der Waals surface area contributed by atoms with Crippen LogP contribution < -0.4 is 10.6 Å². The normalized spacial score (nSPS) is 14.1. The first-order valence-electron chi connectivity index (χ1n) is 9.89. The van der Waals surface area contributed by atoms with Crippen molar-refractivity contribution in [3.63, 3.8) is 0 Å². The molecule has 3 aromatic rings. The maximum Gasteiger partial charge on any atom is 0.287 e. The molecule has 29 heavy (non-hydrogen) atoms. The molecule has 0 radical (unpaired) electrons. The minimum atomic E-state index is -0.306. The Morgan fingerprint density at radius 1 is 1.14 bits per heavy atom. The number of fused-ring (bicyclic) bond motifs is 1. The number of nitrogens with one attached hydrogen (secondary N) is 2. The maximum atomic E-state index is 12.9. The van der Waals surface area contributed by atoms with Gasteiger partial charge in [0.05, 0.1) is 24.5 Å². The van der Waals surface area contributed by atoms with E-state index in [0.29, 0.717) is 18.0 Å². The minimum absolute atomic E-state index is 0.152. The third-order valence-electron chi connectivity index (χ3n) is 5.19. The summed E-state index contributed by atoms with van der Waals surface area (Å²) in [5.74, 6) is 0.388. The molecule has 1 aromatic carbocycles. The molecular formula is C22H24N4O3. The Morgan fingerprint density at radius 3 is 2.72 bits per heavy atom. The van der Waals surface area contributed by atoms with Crippen molar-refractivity contribution < 1.29 is 14.0 Å². The predicted molar refractivity (Wildman–Crippen MR) is 107 cm³/mol. The molecule has 1 unspecified atom stereocenters. The van der Waals surface area contributed by atoms with Gasteiger partial charge in [0.1, 0.15) is 11.5 Å². The second-order valence-electron chi connectivity index (χ2n) is 7.21. The number of carbonyl (C=O) groups is 2. The van der Waals surface area contributed by atoms with Crippen LogP contribution in [-0.2, 0) is 19.5 Å². The second kappa shape index (κ2) is 8.34. The molecule has 0 saturated heterocycles. The van der Waals surface area contributed by atoms with Crippen LogP contribution in [0.1, 0.15) is 63.9 Å². The van der Waals surface area contributed by atoms with Gasteiger partial charge in [-0.3, -0.25) is 9.59 Å². The average Bonchev–Trinajstić information content (AvgIpc) is 3.40. The lowest BCUT2D eigenvalue weighted by molar-refractivity contribution is 0.0931. The highest BCUT2D eigenvalue weighted by Crippen LogP contribution is 2.22. The van der Waals surface area contributed by atoms with Crippen molar-refractivity contribution in [3.05, 3.63) is 77.3 Å². The van der Waals surface area contributed by atoms with Crippen molar-refractivity contribution in [2.24, 2.45) is 0 Å². The molecule has 0 fully saturated rings. The molecule has 4 rings (SSSR count). The van der Waals surface area contributed by atoms with Crippen molar-refractivity contribution in [3.8, 4) is 0 Å². The number of amides is 2. The quantitative estimate of drug-likeness (QED) is 0.674. The van der Waals surface area contributed by atoms with E-state index in [1.807, 2.05) is 41.8 Å². The zero-order valence-electron chi connectivity index (χ0n) is 16.4. The molecule has 0 spiro atoms. The largest absolute Gasteiger partial charge is 0.467 e. The van der Waals surface area contributed by atoms with E-state index in [9.17, 15) is 9.59 Å². The van der Waals surface area contributed by atoms with Gasteiger partial charge in [-0.05, 0) is 43.9 Å². The molecule has 1 aliphatic heterocycles. The van der Waals surface area contributed by atoms with Crippen LogP contribution in [0.3, 0.4) is 0 Å². The predicted octanol–water partition coefficient (Wildman–Crippen LogP) is 3.23. The number of nitrogens with zero attached hydrogens (tertiary/aromatic N) is 2. The molecule has 2 amide bonds. The molecule has 1 atom stereocenters. The highest BCUT2D eigenvalue weighted by molar-refractivity contribution is 5.97. The number of aromatic nitrogens is 2. The van der Waals surface area contributed by atoms with E-state index in [4.69, 9.17) is 4.42 Å². The van der Waals surface area contributed by atoms with E-state index in [2.05, 4.69) is 15.6 Å². The molecule has 150 valence electrons. The van der Waals surface area contributed by atoms with Crippen molar-refractivity contribution in [1.82, 2.24) is 20.2 Å². The zero-order valence-corrected chi connectivity index (χ0v) is 16.4. The van der Waals surface area contributed by atoms with Gasteiger partial charge >= 0.3 is 0 Å². The summed E-state index contributed by atoms with van der Waals surface area (Å²) >= 11 is 0. The van der Waals surface area contributed by atoms with Gasteiger partial charge in [-0.2, -0.15) is 0 Å². The van der Waals surface area contributed by atoms with Crippen LogP contribution in [0.5, 0.6) is 0 Å². The van der Waals surface area contributed by atoms with E-state index >= 15 is 0 Å². The van der Waals surface area contributed by atoms with Gasteiger partial charge in [0.15, 0.2) is 5.82 Å². The summed E-state index contributed by atoms with van der Waals surface area (Å²) in [6.07, 6.45) is 4.24. The standard InChI is InChI=1S/C22H24N4O3/c1-15(16-8-3-2-4-9-16)24-21(27)19-18-11-5-6-12-26(18)20(25-19)22(28)23-14-17-10-7-13-29-17/h2-4,7-10,13,15H,5-6,11-12,14H2,1H3,(H,23,28)(H,24,27). The van der Waals surface area contributed by atoms with Gasteiger partial charge < -0.3 is 19.6 Å². The Kier molecular flexibility index (Phi) is 5.46. The monoisotopic (exact) mass is 392 g/mol. The highest BCUT2D eigenvalue weighted by Gasteiger charge is 2.28. The first kappa shape index (κ1) is 19.0. The van der Waals surface area contributed by atoms with Crippen LogP contribution in [0, 0.1) is 0 Å². The average molecular weight is 392 g/mol. The van der Waals surface area contributed by atoms with Crippen molar-refractivity contribution in [1.29, 1.82) is 0 Å². The minimum Gasteiger partial charge on any atom is -0.467 e. The Balaban J connectivity index is 1.54. The maximum absolute atomic E-state index is 12.9. The summed E-state index contributed by atoms with van der Waals surface area (Å²) in [7, 11) is 0. The smallest absolute Gasteiger partial charge is 0.287 e. The third-order valence-corrected chi connectivity index (χ3v) is 5.19. The Hall–Kier alpha value is -3.35. The molecule has 7 nitrogen and oxygen atoms in total. The Labute approximate surface area is 169 Å². The number of hydrogen-bond acceptors (Lipinski definition) is 4. The first-order chi connectivity index (χ1) is 14.1. The molecule has 0 saturated carbocycles. The first-order valence-corrected chi connectivity index (χ1v) is 9.89. The van der Waals surface area contributed by atoms with E-state index in [-0.39, 0.29) is 30.2 Å². The van der Waals surface area contributed by atoms with Crippen LogP contribution in [0.4, 0.5) is 0 Å². The second-order valence-corrected chi connectivity index (χ2v) is 7.21. The highest BCUT2D eigenvalue weighted by atomic mass is 16.3. The van der Waals surface area contributed by atoms with Crippen molar-refractivity contribution in [2.45, 2.75) is 45.3 Å².